The maximum Gasteiger partial charge on any atom is 0.0590 e. The Hall–Kier alpha value is -0.120. The van der Waals surface area contributed by atoms with Crippen molar-refractivity contribution in [1.29, 1.82) is 0 Å². The summed E-state index contributed by atoms with van der Waals surface area (Å²) in [6, 6.07) is 0. The van der Waals surface area contributed by atoms with Crippen LogP contribution in [0.3, 0.4) is 0 Å². The van der Waals surface area contributed by atoms with E-state index in [1.54, 1.807) is 0 Å². The normalized spacial score (nSPS) is 17.4. The number of hydrogen-bond donors (Lipinski definition) is 1. The molecule has 0 bridgehead atoms. The highest BCUT2D eigenvalue weighted by atomic mass is 16.5. The van der Waals surface area contributed by atoms with Crippen molar-refractivity contribution in [3.8, 4) is 0 Å². The van der Waals surface area contributed by atoms with Crippen molar-refractivity contribution >= 4 is 0 Å². The summed E-state index contributed by atoms with van der Waals surface area (Å²) in [6.45, 7) is 8.19. The molecule has 96 valence electrons. The molecular formula is C13H28N2O. The first kappa shape index (κ1) is 13.9. The van der Waals surface area contributed by atoms with Crippen molar-refractivity contribution in [1.82, 2.24) is 10.2 Å². The molecule has 1 N–H and O–H groups in total. The Morgan fingerprint density at radius 2 is 2.00 bits per heavy atom. The molecule has 1 rings (SSSR count). The summed E-state index contributed by atoms with van der Waals surface area (Å²) < 4.78 is 5.27. The van der Waals surface area contributed by atoms with Crippen molar-refractivity contribution in [2.45, 2.75) is 32.6 Å². The fourth-order valence-electron chi connectivity index (χ4n) is 2.41. The van der Waals surface area contributed by atoms with Gasteiger partial charge >= 0.3 is 0 Å². The number of nitrogens with one attached hydrogen (secondary N) is 1. The van der Waals surface area contributed by atoms with Gasteiger partial charge in [0.2, 0.25) is 0 Å². The summed E-state index contributed by atoms with van der Waals surface area (Å²) in [5.74, 6) is 0.966. The Morgan fingerprint density at radius 1 is 1.25 bits per heavy atom. The SMILES string of the molecule is CCOCCNCCN(C)CC1CCCC1. The second-order valence-electron chi connectivity index (χ2n) is 4.86. The second-order valence-corrected chi connectivity index (χ2v) is 4.86. The molecule has 3 heteroatoms. The molecule has 1 aliphatic carbocycles. The maximum absolute atomic E-state index is 5.27. The van der Waals surface area contributed by atoms with Crippen LogP contribution in [0, 0.1) is 5.92 Å². The summed E-state index contributed by atoms with van der Waals surface area (Å²) in [5.41, 5.74) is 0. The summed E-state index contributed by atoms with van der Waals surface area (Å²) in [5, 5.41) is 3.41. The standard InChI is InChI=1S/C13H28N2O/c1-3-16-11-9-14-8-10-15(2)12-13-6-4-5-7-13/h13-14H,3-12H2,1-2H3. The number of likely N-dealkylation sites (N-methyl/N-ethyl adjacent to an activating group) is 1. The monoisotopic (exact) mass is 228 g/mol. The first-order chi connectivity index (χ1) is 7.83. The third-order valence-corrected chi connectivity index (χ3v) is 3.34. The van der Waals surface area contributed by atoms with Crippen molar-refractivity contribution in [2.24, 2.45) is 5.92 Å². The predicted octanol–water partition coefficient (Wildman–Crippen LogP) is 1.73. The van der Waals surface area contributed by atoms with E-state index < -0.39 is 0 Å². The average molecular weight is 228 g/mol. The first-order valence-electron chi connectivity index (χ1n) is 6.80. The van der Waals surface area contributed by atoms with Gasteiger partial charge in [0.15, 0.2) is 0 Å². The molecule has 0 amide bonds. The van der Waals surface area contributed by atoms with Gasteiger partial charge in [0.1, 0.15) is 0 Å². The number of ether oxygens (including phenoxy) is 1. The van der Waals surface area contributed by atoms with Crippen molar-refractivity contribution < 1.29 is 4.74 Å². The molecule has 0 aromatic carbocycles. The number of nitrogens with zero attached hydrogens (tertiary/aromatic N) is 1. The van der Waals surface area contributed by atoms with Gasteiger partial charge in [-0.2, -0.15) is 0 Å². The summed E-state index contributed by atoms with van der Waals surface area (Å²) >= 11 is 0. The number of hydrogen-bond acceptors (Lipinski definition) is 3. The van der Waals surface area contributed by atoms with E-state index in [-0.39, 0.29) is 0 Å². The van der Waals surface area contributed by atoms with Crippen LogP contribution in [0.25, 0.3) is 0 Å². The molecule has 0 spiro atoms. The van der Waals surface area contributed by atoms with Crippen molar-refractivity contribution in [2.75, 3.05) is 46.4 Å². The average Bonchev–Trinajstić information content (AvgIpc) is 2.76. The van der Waals surface area contributed by atoms with E-state index in [9.17, 15) is 0 Å². The van der Waals surface area contributed by atoms with Gasteiger partial charge in [0, 0.05) is 32.8 Å². The van der Waals surface area contributed by atoms with Crippen molar-refractivity contribution in [3.63, 3.8) is 0 Å². The Labute approximate surface area is 101 Å². The maximum atomic E-state index is 5.27. The lowest BCUT2D eigenvalue weighted by atomic mass is 10.1. The minimum atomic E-state index is 0.823. The van der Waals surface area contributed by atoms with E-state index in [0.717, 1.165) is 38.8 Å². The molecule has 1 fully saturated rings. The second kappa shape index (κ2) is 8.97. The van der Waals surface area contributed by atoms with E-state index in [0.29, 0.717) is 0 Å². The Morgan fingerprint density at radius 3 is 2.69 bits per heavy atom. The molecule has 1 saturated carbocycles. The van der Waals surface area contributed by atoms with E-state index in [1.165, 1.54) is 32.2 Å². The fourth-order valence-corrected chi connectivity index (χ4v) is 2.41. The van der Waals surface area contributed by atoms with Gasteiger partial charge in [-0.15, -0.1) is 0 Å². The van der Waals surface area contributed by atoms with Crippen LogP contribution in [0.2, 0.25) is 0 Å². The zero-order valence-electron chi connectivity index (χ0n) is 11.0. The lowest BCUT2D eigenvalue weighted by Crippen LogP contribution is -2.33. The highest BCUT2D eigenvalue weighted by molar-refractivity contribution is 4.70. The Balaban J connectivity index is 1.87. The highest BCUT2D eigenvalue weighted by Crippen LogP contribution is 2.24. The molecule has 0 atom stereocenters. The van der Waals surface area contributed by atoms with Crippen LogP contribution in [0.4, 0.5) is 0 Å². The van der Waals surface area contributed by atoms with Gasteiger partial charge in [-0.3, -0.25) is 0 Å². The van der Waals surface area contributed by atoms with E-state index >= 15 is 0 Å². The minimum Gasteiger partial charge on any atom is -0.380 e. The topological polar surface area (TPSA) is 24.5 Å². The lowest BCUT2D eigenvalue weighted by Gasteiger charge is -2.20. The molecular weight excluding hydrogens is 200 g/mol. The van der Waals surface area contributed by atoms with E-state index in [1.807, 2.05) is 6.92 Å². The zero-order valence-corrected chi connectivity index (χ0v) is 11.0. The molecule has 0 aromatic heterocycles. The Kier molecular flexibility index (Phi) is 7.81. The smallest absolute Gasteiger partial charge is 0.0590 e. The largest absolute Gasteiger partial charge is 0.380 e. The predicted molar refractivity (Wildman–Crippen MR) is 68.8 cm³/mol. The zero-order chi connectivity index (χ0) is 11.6. The molecule has 3 nitrogen and oxygen atoms in total. The summed E-state index contributed by atoms with van der Waals surface area (Å²) in [4.78, 5) is 2.46. The van der Waals surface area contributed by atoms with Gasteiger partial charge in [-0.1, -0.05) is 12.8 Å². The van der Waals surface area contributed by atoms with Crippen molar-refractivity contribution in [3.05, 3.63) is 0 Å². The van der Waals surface area contributed by atoms with Gasteiger partial charge in [-0.25, -0.2) is 0 Å². The van der Waals surface area contributed by atoms with Crippen LogP contribution in [-0.2, 0) is 4.74 Å². The minimum absolute atomic E-state index is 0.823. The van der Waals surface area contributed by atoms with E-state index in [4.69, 9.17) is 4.74 Å². The number of rotatable bonds is 9. The van der Waals surface area contributed by atoms with Crippen LogP contribution in [0.5, 0.6) is 0 Å². The van der Waals surface area contributed by atoms with E-state index in [2.05, 4.69) is 17.3 Å². The molecule has 0 unspecified atom stereocenters. The third-order valence-electron chi connectivity index (χ3n) is 3.34. The quantitative estimate of drug-likeness (QED) is 0.608. The molecule has 0 saturated heterocycles. The van der Waals surface area contributed by atoms with Gasteiger partial charge in [0.05, 0.1) is 6.61 Å². The highest BCUT2D eigenvalue weighted by Gasteiger charge is 2.16. The van der Waals surface area contributed by atoms with Crippen LogP contribution < -0.4 is 5.32 Å². The third kappa shape index (κ3) is 6.46. The molecule has 0 heterocycles. The van der Waals surface area contributed by atoms with Crippen LogP contribution in [0.15, 0.2) is 0 Å². The van der Waals surface area contributed by atoms with Crippen LogP contribution in [-0.4, -0.2) is 51.3 Å². The summed E-state index contributed by atoms with van der Waals surface area (Å²) in [6.07, 6.45) is 5.79. The molecule has 1 aliphatic rings. The van der Waals surface area contributed by atoms with Crippen LogP contribution >= 0.6 is 0 Å². The fraction of sp³-hybridized carbons (Fsp3) is 1.00. The first-order valence-corrected chi connectivity index (χ1v) is 6.80. The summed E-state index contributed by atoms with van der Waals surface area (Å²) in [7, 11) is 2.24. The van der Waals surface area contributed by atoms with Gasteiger partial charge < -0.3 is 15.0 Å². The Bertz CT molecular complexity index is 158. The molecule has 0 aromatic rings. The van der Waals surface area contributed by atoms with Crippen LogP contribution in [0.1, 0.15) is 32.6 Å². The van der Waals surface area contributed by atoms with Gasteiger partial charge in [-0.05, 0) is 32.7 Å². The lowest BCUT2D eigenvalue weighted by molar-refractivity contribution is 0.148. The molecule has 16 heavy (non-hydrogen) atoms. The molecule has 0 aliphatic heterocycles. The van der Waals surface area contributed by atoms with Gasteiger partial charge in [0.25, 0.3) is 0 Å². The molecule has 0 radical (unpaired) electrons.